The number of carbonyl (C=O) groups is 1. The molecule has 0 spiro atoms. The van der Waals surface area contributed by atoms with Crippen LogP contribution in [0.15, 0.2) is 48.5 Å². The monoisotopic (exact) mass is 345 g/mol. The van der Waals surface area contributed by atoms with Crippen LogP contribution in [0.5, 0.6) is 0 Å². The predicted octanol–water partition coefficient (Wildman–Crippen LogP) is 3.48. The first-order valence-corrected chi connectivity index (χ1v) is 8.48. The molecule has 132 valence electrons. The van der Waals surface area contributed by atoms with E-state index in [-0.39, 0.29) is 29.9 Å². The van der Waals surface area contributed by atoms with Crippen LogP contribution in [0.4, 0.5) is 8.78 Å². The maximum Gasteiger partial charge on any atom is 0.226 e. The molecule has 1 unspecified atom stereocenters. The predicted molar refractivity (Wildman–Crippen MR) is 90.8 cm³/mol. The van der Waals surface area contributed by atoms with Crippen molar-refractivity contribution in [1.82, 2.24) is 4.90 Å². The summed E-state index contributed by atoms with van der Waals surface area (Å²) in [4.78, 5) is 14.2. The van der Waals surface area contributed by atoms with E-state index in [2.05, 4.69) is 0 Å². The average molecular weight is 345 g/mol. The van der Waals surface area contributed by atoms with Crippen molar-refractivity contribution in [2.75, 3.05) is 13.1 Å². The van der Waals surface area contributed by atoms with Crippen molar-refractivity contribution in [2.45, 2.75) is 25.4 Å². The highest BCUT2D eigenvalue weighted by Gasteiger charge is 2.28. The zero-order chi connectivity index (χ0) is 17.8. The molecule has 1 aliphatic rings. The van der Waals surface area contributed by atoms with Gasteiger partial charge < -0.3 is 10.0 Å². The molecule has 0 saturated carbocycles. The first-order valence-electron chi connectivity index (χ1n) is 8.48. The van der Waals surface area contributed by atoms with Gasteiger partial charge in [-0.2, -0.15) is 0 Å². The fraction of sp³-hybridized carbons (Fsp3) is 0.350. The molecule has 1 saturated heterocycles. The van der Waals surface area contributed by atoms with Gasteiger partial charge in [0.15, 0.2) is 0 Å². The molecule has 0 radical (unpaired) electrons. The second-order valence-corrected chi connectivity index (χ2v) is 6.52. The molecule has 1 N–H and O–H groups in total. The van der Waals surface area contributed by atoms with Crippen LogP contribution >= 0.6 is 0 Å². The van der Waals surface area contributed by atoms with E-state index >= 15 is 0 Å². The van der Waals surface area contributed by atoms with Crippen molar-refractivity contribution in [2.24, 2.45) is 5.92 Å². The summed E-state index contributed by atoms with van der Waals surface area (Å²) in [7, 11) is 0. The summed E-state index contributed by atoms with van der Waals surface area (Å²) < 4.78 is 25.9. The molecule has 2 aromatic rings. The lowest BCUT2D eigenvalue weighted by Gasteiger charge is -2.34. The van der Waals surface area contributed by atoms with Crippen LogP contribution in [0.3, 0.4) is 0 Å². The topological polar surface area (TPSA) is 40.5 Å². The van der Waals surface area contributed by atoms with E-state index in [0.717, 1.165) is 5.56 Å². The molecule has 0 bridgehead atoms. The minimum atomic E-state index is -0.644. The summed E-state index contributed by atoms with van der Waals surface area (Å²) in [6.45, 7) is 1.17. The van der Waals surface area contributed by atoms with E-state index < -0.39 is 6.10 Å². The van der Waals surface area contributed by atoms with Crippen LogP contribution in [0.1, 0.15) is 30.1 Å². The molecular weight excluding hydrogens is 324 g/mol. The number of piperidine rings is 1. The molecule has 0 aliphatic carbocycles. The summed E-state index contributed by atoms with van der Waals surface area (Å²) in [6, 6.07) is 11.9. The highest BCUT2D eigenvalue weighted by atomic mass is 19.1. The third-order valence-corrected chi connectivity index (χ3v) is 4.82. The van der Waals surface area contributed by atoms with Gasteiger partial charge in [0.1, 0.15) is 11.6 Å². The third kappa shape index (κ3) is 4.42. The zero-order valence-electron chi connectivity index (χ0n) is 13.9. The van der Waals surface area contributed by atoms with Crippen molar-refractivity contribution in [3.8, 4) is 0 Å². The molecule has 1 fully saturated rings. The van der Waals surface area contributed by atoms with Gasteiger partial charge in [-0.15, -0.1) is 0 Å². The van der Waals surface area contributed by atoms with Crippen LogP contribution in [-0.2, 0) is 11.2 Å². The standard InChI is InChI=1S/C20H21F2NO2/c21-17-5-1-14(2-6-17)13-19(24)23-11-9-16(10-12-23)20(25)15-3-7-18(22)8-4-15/h1-8,16,20,25H,9-13H2. The molecule has 1 aliphatic heterocycles. The lowest BCUT2D eigenvalue weighted by atomic mass is 9.87. The second-order valence-electron chi connectivity index (χ2n) is 6.52. The smallest absolute Gasteiger partial charge is 0.226 e. The Morgan fingerprint density at radius 1 is 1.00 bits per heavy atom. The normalized spacial score (nSPS) is 16.7. The molecule has 1 heterocycles. The lowest BCUT2D eigenvalue weighted by molar-refractivity contribution is -0.132. The zero-order valence-corrected chi connectivity index (χ0v) is 13.9. The van der Waals surface area contributed by atoms with Crippen molar-refractivity contribution >= 4 is 5.91 Å². The first-order chi connectivity index (χ1) is 12.0. The lowest BCUT2D eigenvalue weighted by Crippen LogP contribution is -2.40. The summed E-state index contributed by atoms with van der Waals surface area (Å²) >= 11 is 0. The van der Waals surface area contributed by atoms with E-state index in [0.29, 0.717) is 31.5 Å². The van der Waals surface area contributed by atoms with Gasteiger partial charge in [-0.05, 0) is 54.2 Å². The number of rotatable bonds is 4. The number of halogens is 2. The van der Waals surface area contributed by atoms with Crippen molar-refractivity contribution in [1.29, 1.82) is 0 Å². The van der Waals surface area contributed by atoms with Gasteiger partial charge in [-0.1, -0.05) is 24.3 Å². The highest BCUT2D eigenvalue weighted by molar-refractivity contribution is 5.78. The van der Waals surface area contributed by atoms with E-state index in [4.69, 9.17) is 0 Å². The number of benzene rings is 2. The number of carbonyl (C=O) groups excluding carboxylic acids is 1. The van der Waals surface area contributed by atoms with Gasteiger partial charge in [-0.3, -0.25) is 4.79 Å². The Morgan fingerprint density at radius 2 is 1.52 bits per heavy atom. The average Bonchev–Trinajstić information content (AvgIpc) is 2.64. The van der Waals surface area contributed by atoms with Crippen LogP contribution in [0.2, 0.25) is 0 Å². The van der Waals surface area contributed by atoms with Gasteiger partial charge >= 0.3 is 0 Å². The Kier molecular flexibility index (Phi) is 5.43. The van der Waals surface area contributed by atoms with Gasteiger partial charge in [0.05, 0.1) is 12.5 Å². The van der Waals surface area contributed by atoms with E-state index in [1.807, 2.05) is 0 Å². The highest BCUT2D eigenvalue weighted by Crippen LogP contribution is 2.31. The Hall–Kier alpha value is -2.27. The third-order valence-electron chi connectivity index (χ3n) is 4.82. The first kappa shape index (κ1) is 17.5. The van der Waals surface area contributed by atoms with Gasteiger partial charge in [-0.25, -0.2) is 8.78 Å². The summed E-state index contributed by atoms with van der Waals surface area (Å²) in [5, 5.41) is 10.5. The van der Waals surface area contributed by atoms with Crippen LogP contribution < -0.4 is 0 Å². The summed E-state index contributed by atoms with van der Waals surface area (Å²) in [5.74, 6) is -0.564. The SMILES string of the molecule is O=C(Cc1ccc(F)cc1)N1CCC(C(O)c2ccc(F)cc2)CC1. The Morgan fingerprint density at radius 3 is 2.08 bits per heavy atom. The molecule has 25 heavy (non-hydrogen) atoms. The molecular formula is C20H21F2NO2. The quantitative estimate of drug-likeness (QED) is 0.922. The Labute approximate surface area is 145 Å². The molecule has 3 nitrogen and oxygen atoms in total. The molecule has 1 atom stereocenters. The van der Waals surface area contributed by atoms with E-state index in [1.54, 1.807) is 29.2 Å². The Balaban J connectivity index is 1.53. The van der Waals surface area contributed by atoms with Crippen LogP contribution in [0.25, 0.3) is 0 Å². The van der Waals surface area contributed by atoms with Crippen molar-refractivity contribution < 1.29 is 18.7 Å². The van der Waals surface area contributed by atoms with Gasteiger partial charge in [0.2, 0.25) is 5.91 Å². The molecule has 1 amide bonds. The number of amides is 1. The van der Waals surface area contributed by atoms with Crippen molar-refractivity contribution in [3.05, 3.63) is 71.3 Å². The largest absolute Gasteiger partial charge is 0.388 e. The maximum atomic E-state index is 13.0. The number of hydrogen-bond acceptors (Lipinski definition) is 2. The minimum Gasteiger partial charge on any atom is -0.388 e. The molecule has 2 aromatic carbocycles. The molecule has 3 rings (SSSR count). The van der Waals surface area contributed by atoms with Gasteiger partial charge in [0, 0.05) is 13.1 Å². The number of nitrogens with zero attached hydrogens (tertiary/aromatic N) is 1. The summed E-state index contributed by atoms with van der Waals surface area (Å²) in [5.41, 5.74) is 1.50. The van der Waals surface area contributed by atoms with Gasteiger partial charge in [0.25, 0.3) is 0 Å². The minimum absolute atomic E-state index is 0.0151. The summed E-state index contributed by atoms with van der Waals surface area (Å²) in [6.07, 6.45) is 1.02. The fourth-order valence-electron chi connectivity index (χ4n) is 3.29. The van der Waals surface area contributed by atoms with E-state index in [9.17, 15) is 18.7 Å². The second kappa shape index (κ2) is 7.74. The van der Waals surface area contributed by atoms with Crippen LogP contribution in [-0.4, -0.2) is 29.0 Å². The molecule has 0 aromatic heterocycles. The maximum absolute atomic E-state index is 13.0. The van der Waals surface area contributed by atoms with E-state index in [1.165, 1.54) is 24.3 Å². The molecule has 5 heteroatoms. The number of hydrogen-bond donors (Lipinski definition) is 1. The number of aliphatic hydroxyl groups is 1. The van der Waals surface area contributed by atoms with Crippen molar-refractivity contribution in [3.63, 3.8) is 0 Å². The number of aliphatic hydroxyl groups excluding tert-OH is 1. The Bertz CT molecular complexity index is 707. The van der Waals surface area contributed by atoms with Crippen LogP contribution in [0, 0.1) is 17.6 Å². The fourth-order valence-corrected chi connectivity index (χ4v) is 3.29. The number of likely N-dealkylation sites (tertiary alicyclic amines) is 1.